The largest absolute Gasteiger partial charge is 0.271 e. The summed E-state index contributed by atoms with van der Waals surface area (Å²) in [5.41, 5.74) is 4.68. The molecule has 2 aromatic rings. The average Bonchev–Trinajstić information content (AvgIpc) is 2.59. The molecule has 0 aliphatic carbocycles. The lowest BCUT2D eigenvalue weighted by atomic mass is 10.1. The summed E-state index contributed by atoms with van der Waals surface area (Å²) in [6, 6.07) is 14.5. The zero-order valence-electron chi connectivity index (χ0n) is 14.5. The molecule has 0 fully saturated rings. The number of nitrogens with zero attached hydrogens (tertiary/aromatic N) is 2. The molecule has 1 N–H and O–H groups in total. The van der Waals surface area contributed by atoms with Gasteiger partial charge in [-0.3, -0.25) is 9.10 Å². The van der Waals surface area contributed by atoms with Crippen LogP contribution in [-0.2, 0) is 21.2 Å². The number of halogens is 1. The Morgan fingerprint density at radius 3 is 2.50 bits per heavy atom. The molecule has 0 bridgehead atoms. The second-order valence-electron chi connectivity index (χ2n) is 5.64. The van der Waals surface area contributed by atoms with Crippen LogP contribution in [0.5, 0.6) is 0 Å². The van der Waals surface area contributed by atoms with E-state index in [1.165, 1.54) is 6.21 Å². The fourth-order valence-electron chi connectivity index (χ4n) is 2.23. The number of nitrogens with one attached hydrogen (secondary N) is 1. The Balaban J connectivity index is 2.06. The number of hydrazone groups is 1. The number of amides is 1. The minimum atomic E-state index is -3.60. The van der Waals surface area contributed by atoms with E-state index >= 15 is 0 Å². The summed E-state index contributed by atoms with van der Waals surface area (Å²) in [5.74, 6) is -0.527. The summed E-state index contributed by atoms with van der Waals surface area (Å²) < 4.78 is 26.1. The van der Waals surface area contributed by atoms with Gasteiger partial charge in [-0.15, -0.1) is 0 Å². The molecular weight excluding hydrogens is 418 g/mol. The third-order valence-corrected chi connectivity index (χ3v) is 5.21. The maximum atomic E-state index is 12.1. The fraction of sp³-hybridized carbons (Fsp3) is 0.222. The van der Waals surface area contributed by atoms with E-state index in [1.54, 1.807) is 12.1 Å². The molecule has 0 saturated heterocycles. The molecule has 0 unspecified atom stereocenters. The van der Waals surface area contributed by atoms with Gasteiger partial charge in [0.15, 0.2) is 0 Å². The molecule has 6 nitrogen and oxygen atoms in total. The van der Waals surface area contributed by atoms with E-state index < -0.39 is 15.9 Å². The molecule has 0 radical (unpaired) electrons. The van der Waals surface area contributed by atoms with Crippen LogP contribution in [0.1, 0.15) is 18.1 Å². The molecule has 138 valence electrons. The number of hydrogen-bond donors (Lipinski definition) is 1. The number of aryl methyl sites for hydroxylation is 1. The van der Waals surface area contributed by atoms with Crippen LogP contribution in [0, 0.1) is 0 Å². The molecule has 0 aromatic heterocycles. The van der Waals surface area contributed by atoms with Crippen molar-refractivity contribution in [1.29, 1.82) is 0 Å². The molecule has 0 aliphatic heterocycles. The predicted octanol–water partition coefficient (Wildman–Crippen LogP) is 2.93. The molecule has 26 heavy (non-hydrogen) atoms. The first-order valence-electron chi connectivity index (χ1n) is 7.93. The number of sulfonamides is 1. The Bertz CT molecular complexity index is 896. The Labute approximate surface area is 162 Å². The summed E-state index contributed by atoms with van der Waals surface area (Å²) in [5, 5.41) is 3.87. The van der Waals surface area contributed by atoms with Gasteiger partial charge in [0.05, 0.1) is 18.2 Å². The highest BCUT2D eigenvalue weighted by molar-refractivity contribution is 9.10. The maximum Gasteiger partial charge on any atom is 0.260 e. The third-order valence-electron chi connectivity index (χ3n) is 3.57. The fourth-order valence-corrected chi connectivity index (χ4v) is 3.50. The van der Waals surface area contributed by atoms with Crippen molar-refractivity contribution in [3.05, 3.63) is 64.1 Å². The van der Waals surface area contributed by atoms with Crippen LogP contribution in [0.25, 0.3) is 0 Å². The second-order valence-corrected chi connectivity index (χ2v) is 8.46. The number of anilines is 1. The molecule has 1 amide bonds. The minimum absolute atomic E-state index is 0.347. The Hall–Kier alpha value is -2.19. The first kappa shape index (κ1) is 20.1. The normalized spacial score (nSPS) is 11.5. The quantitative estimate of drug-likeness (QED) is 0.534. The van der Waals surface area contributed by atoms with Crippen LogP contribution >= 0.6 is 15.9 Å². The van der Waals surface area contributed by atoms with E-state index in [2.05, 4.69) is 26.5 Å². The molecule has 8 heteroatoms. The molecule has 0 atom stereocenters. The van der Waals surface area contributed by atoms with Gasteiger partial charge >= 0.3 is 0 Å². The molecule has 0 aliphatic rings. The Kier molecular flexibility index (Phi) is 6.93. The van der Waals surface area contributed by atoms with Crippen molar-refractivity contribution in [2.24, 2.45) is 5.10 Å². The highest BCUT2D eigenvalue weighted by Crippen LogP contribution is 2.18. The van der Waals surface area contributed by atoms with Crippen molar-refractivity contribution >= 4 is 43.8 Å². The number of rotatable bonds is 7. The van der Waals surface area contributed by atoms with Gasteiger partial charge in [0.25, 0.3) is 5.91 Å². The predicted molar refractivity (Wildman–Crippen MR) is 108 cm³/mol. The summed E-state index contributed by atoms with van der Waals surface area (Å²) in [4.78, 5) is 12.1. The van der Waals surface area contributed by atoms with Crippen molar-refractivity contribution in [2.45, 2.75) is 13.3 Å². The summed E-state index contributed by atoms with van der Waals surface area (Å²) in [6.45, 7) is 1.67. The van der Waals surface area contributed by atoms with Crippen LogP contribution in [0.4, 0.5) is 5.69 Å². The second kappa shape index (κ2) is 8.95. The highest BCUT2D eigenvalue weighted by Gasteiger charge is 2.20. The monoisotopic (exact) mass is 437 g/mol. The SMILES string of the molecule is CCc1ccc(N(CC(=O)N/N=C\c2cccc(Br)c2)S(C)(=O)=O)cc1. The van der Waals surface area contributed by atoms with Crippen molar-refractivity contribution in [3.63, 3.8) is 0 Å². The zero-order chi connectivity index (χ0) is 19.2. The molecule has 0 saturated carbocycles. The maximum absolute atomic E-state index is 12.1. The topological polar surface area (TPSA) is 78.8 Å². The standard InChI is InChI=1S/C18H20BrN3O3S/c1-3-14-7-9-17(10-8-14)22(26(2,24)25)13-18(23)21-20-12-15-5-4-6-16(19)11-15/h4-12H,3,13H2,1-2H3,(H,21,23)/b20-12-. The molecule has 0 heterocycles. The Morgan fingerprint density at radius 2 is 1.92 bits per heavy atom. The van der Waals surface area contributed by atoms with E-state index in [-0.39, 0.29) is 6.54 Å². The van der Waals surface area contributed by atoms with E-state index in [0.29, 0.717) is 5.69 Å². The van der Waals surface area contributed by atoms with Gasteiger partial charge in [-0.05, 0) is 41.8 Å². The van der Waals surface area contributed by atoms with Crippen molar-refractivity contribution in [1.82, 2.24) is 5.43 Å². The molecule has 2 rings (SSSR count). The van der Waals surface area contributed by atoms with E-state index in [1.807, 2.05) is 43.3 Å². The smallest absolute Gasteiger partial charge is 0.260 e. The van der Waals surface area contributed by atoms with Crippen LogP contribution in [0.3, 0.4) is 0 Å². The van der Waals surface area contributed by atoms with Gasteiger partial charge in [0.2, 0.25) is 10.0 Å². The van der Waals surface area contributed by atoms with Crippen LogP contribution in [0.15, 0.2) is 58.1 Å². The summed E-state index contributed by atoms with van der Waals surface area (Å²) in [6.07, 6.45) is 3.41. The number of carbonyl (C=O) groups excluding carboxylic acids is 1. The summed E-state index contributed by atoms with van der Waals surface area (Å²) >= 11 is 3.35. The lowest BCUT2D eigenvalue weighted by molar-refractivity contribution is -0.119. The average molecular weight is 438 g/mol. The van der Waals surface area contributed by atoms with Crippen LogP contribution in [0.2, 0.25) is 0 Å². The number of benzene rings is 2. The van der Waals surface area contributed by atoms with Crippen LogP contribution < -0.4 is 9.73 Å². The van der Waals surface area contributed by atoms with Crippen molar-refractivity contribution in [3.8, 4) is 0 Å². The van der Waals surface area contributed by atoms with E-state index in [9.17, 15) is 13.2 Å². The van der Waals surface area contributed by atoms with E-state index in [4.69, 9.17) is 0 Å². The van der Waals surface area contributed by atoms with Gasteiger partial charge in [-0.2, -0.15) is 5.10 Å². The van der Waals surface area contributed by atoms with E-state index in [0.717, 1.165) is 32.6 Å². The minimum Gasteiger partial charge on any atom is -0.271 e. The van der Waals surface area contributed by atoms with Crippen molar-refractivity contribution < 1.29 is 13.2 Å². The zero-order valence-corrected chi connectivity index (χ0v) is 16.9. The molecule has 2 aromatic carbocycles. The molecule has 0 spiro atoms. The number of hydrogen-bond acceptors (Lipinski definition) is 4. The lowest BCUT2D eigenvalue weighted by Gasteiger charge is -2.21. The lowest BCUT2D eigenvalue weighted by Crippen LogP contribution is -2.39. The Morgan fingerprint density at radius 1 is 1.23 bits per heavy atom. The van der Waals surface area contributed by atoms with Gasteiger partial charge in [0, 0.05) is 4.47 Å². The summed E-state index contributed by atoms with van der Waals surface area (Å²) in [7, 11) is -3.60. The van der Waals surface area contributed by atoms with Gasteiger partial charge in [-0.25, -0.2) is 13.8 Å². The first-order valence-corrected chi connectivity index (χ1v) is 10.6. The number of carbonyl (C=O) groups is 1. The van der Waals surface area contributed by atoms with Gasteiger partial charge < -0.3 is 0 Å². The van der Waals surface area contributed by atoms with Gasteiger partial charge in [-0.1, -0.05) is 47.1 Å². The third kappa shape index (κ3) is 5.96. The first-order chi connectivity index (χ1) is 12.3. The van der Waals surface area contributed by atoms with Crippen molar-refractivity contribution in [2.75, 3.05) is 17.1 Å². The van der Waals surface area contributed by atoms with Gasteiger partial charge in [0.1, 0.15) is 6.54 Å². The highest BCUT2D eigenvalue weighted by atomic mass is 79.9. The van der Waals surface area contributed by atoms with Crippen LogP contribution in [-0.4, -0.2) is 33.3 Å². The molecular formula is C18H20BrN3O3S.